The molecule has 1 N–H and O–H groups in total. The number of anilines is 2. The van der Waals surface area contributed by atoms with Crippen LogP contribution in [0.1, 0.15) is 29.2 Å². The maximum absolute atomic E-state index is 13.5. The van der Waals surface area contributed by atoms with Crippen LogP contribution < -0.4 is 15.0 Å². The number of benzene rings is 3. The van der Waals surface area contributed by atoms with E-state index < -0.39 is 11.8 Å². The first kappa shape index (κ1) is 21.8. The number of aryl methyl sites for hydroxylation is 2. The number of ether oxygens (including phenoxy) is 1. The Balaban J connectivity index is 1.80. The second-order valence-corrected chi connectivity index (χ2v) is 7.76. The molecule has 0 bridgehead atoms. The van der Waals surface area contributed by atoms with Gasteiger partial charge in [-0.3, -0.25) is 9.59 Å². The van der Waals surface area contributed by atoms with E-state index >= 15 is 0 Å². The molecule has 0 fully saturated rings. The van der Waals surface area contributed by atoms with Gasteiger partial charge in [0.25, 0.3) is 11.8 Å². The molecule has 0 atom stereocenters. The van der Waals surface area contributed by atoms with Gasteiger partial charge in [0.05, 0.1) is 29.5 Å². The third-order valence-electron chi connectivity index (χ3n) is 5.43. The Labute approximate surface area is 192 Å². The van der Waals surface area contributed by atoms with E-state index in [0.29, 0.717) is 29.2 Å². The summed E-state index contributed by atoms with van der Waals surface area (Å²) in [6.07, 6.45) is 0. The Morgan fingerprint density at radius 2 is 1.64 bits per heavy atom. The number of nitrogens with zero attached hydrogens (tertiary/aromatic N) is 2. The minimum absolute atomic E-state index is 0.209. The molecule has 0 saturated heterocycles. The standard InChI is InChI=1S/C27H23N3O3/c1-4-33-22-12-8-20(9-13-22)24-25(29-23-14-5-17(2)15-18(23)3)27(32)30(26(24)31)21-10-6-19(16-28)7-11-21/h5-15,29H,4H2,1-3H3. The quantitative estimate of drug-likeness (QED) is 0.551. The van der Waals surface area contributed by atoms with Crippen molar-refractivity contribution in [1.29, 1.82) is 5.26 Å². The molecule has 0 spiro atoms. The van der Waals surface area contributed by atoms with Crippen LogP contribution in [-0.4, -0.2) is 18.4 Å². The van der Waals surface area contributed by atoms with Gasteiger partial charge in [-0.15, -0.1) is 0 Å². The second kappa shape index (κ2) is 9.01. The molecular formula is C27H23N3O3. The zero-order valence-corrected chi connectivity index (χ0v) is 18.7. The van der Waals surface area contributed by atoms with Crippen LogP contribution in [0.5, 0.6) is 5.75 Å². The highest BCUT2D eigenvalue weighted by molar-refractivity contribution is 6.46. The van der Waals surface area contributed by atoms with Gasteiger partial charge in [0.1, 0.15) is 11.4 Å². The van der Waals surface area contributed by atoms with Gasteiger partial charge in [0.2, 0.25) is 0 Å². The zero-order chi connectivity index (χ0) is 23.5. The van der Waals surface area contributed by atoms with Crippen molar-refractivity contribution in [2.24, 2.45) is 0 Å². The lowest BCUT2D eigenvalue weighted by molar-refractivity contribution is -0.120. The summed E-state index contributed by atoms with van der Waals surface area (Å²) in [7, 11) is 0. The van der Waals surface area contributed by atoms with Crippen molar-refractivity contribution in [2.75, 3.05) is 16.8 Å². The Morgan fingerprint density at radius 1 is 0.939 bits per heavy atom. The van der Waals surface area contributed by atoms with Crippen LogP contribution in [-0.2, 0) is 9.59 Å². The number of hydrogen-bond acceptors (Lipinski definition) is 5. The summed E-state index contributed by atoms with van der Waals surface area (Å²) in [4.78, 5) is 28.2. The Kier molecular flexibility index (Phi) is 5.97. The van der Waals surface area contributed by atoms with Crippen LogP contribution in [0.4, 0.5) is 11.4 Å². The predicted molar refractivity (Wildman–Crippen MR) is 128 cm³/mol. The van der Waals surface area contributed by atoms with Crippen LogP contribution in [0, 0.1) is 25.2 Å². The van der Waals surface area contributed by atoms with Crippen molar-refractivity contribution in [3.05, 3.63) is 94.7 Å². The molecule has 1 aliphatic rings. The third kappa shape index (κ3) is 4.21. The van der Waals surface area contributed by atoms with Crippen molar-refractivity contribution in [1.82, 2.24) is 0 Å². The maximum atomic E-state index is 13.5. The van der Waals surface area contributed by atoms with Gasteiger partial charge in [0.15, 0.2) is 0 Å². The normalized spacial score (nSPS) is 13.3. The molecule has 6 nitrogen and oxygen atoms in total. The summed E-state index contributed by atoms with van der Waals surface area (Å²) in [6.45, 7) is 6.38. The maximum Gasteiger partial charge on any atom is 0.282 e. The van der Waals surface area contributed by atoms with Crippen LogP contribution >= 0.6 is 0 Å². The van der Waals surface area contributed by atoms with E-state index in [1.165, 1.54) is 0 Å². The summed E-state index contributed by atoms with van der Waals surface area (Å²) in [5, 5.41) is 12.3. The lowest BCUT2D eigenvalue weighted by atomic mass is 10.0. The number of nitrogens with one attached hydrogen (secondary N) is 1. The number of carbonyl (C=O) groups excluding carboxylic acids is 2. The first-order valence-electron chi connectivity index (χ1n) is 10.6. The molecule has 2 amide bonds. The lowest BCUT2D eigenvalue weighted by Crippen LogP contribution is -2.32. The first-order valence-corrected chi connectivity index (χ1v) is 10.6. The summed E-state index contributed by atoms with van der Waals surface area (Å²) in [5.41, 5.74) is 4.78. The average Bonchev–Trinajstić information content (AvgIpc) is 3.06. The number of nitriles is 1. The summed E-state index contributed by atoms with van der Waals surface area (Å²) in [6, 6.07) is 21.4. The molecule has 0 aliphatic carbocycles. The number of imide groups is 1. The molecule has 1 aliphatic heterocycles. The molecule has 0 aromatic heterocycles. The largest absolute Gasteiger partial charge is 0.494 e. The summed E-state index contributed by atoms with van der Waals surface area (Å²) < 4.78 is 5.51. The van der Waals surface area contributed by atoms with Gasteiger partial charge in [-0.2, -0.15) is 5.26 Å². The average molecular weight is 437 g/mol. The smallest absolute Gasteiger partial charge is 0.282 e. The highest BCUT2D eigenvalue weighted by Crippen LogP contribution is 2.35. The van der Waals surface area contributed by atoms with E-state index in [0.717, 1.165) is 21.7 Å². The molecule has 6 heteroatoms. The van der Waals surface area contributed by atoms with E-state index in [1.54, 1.807) is 48.5 Å². The molecule has 3 aromatic rings. The molecule has 33 heavy (non-hydrogen) atoms. The molecular weight excluding hydrogens is 414 g/mol. The fourth-order valence-electron chi connectivity index (χ4n) is 3.81. The zero-order valence-electron chi connectivity index (χ0n) is 18.7. The summed E-state index contributed by atoms with van der Waals surface area (Å²) in [5.74, 6) is -0.193. The van der Waals surface area contributed by atoms with Gasteiger partial charge >= 0.3 is 0 Å². The highest BCUT2D eigenvalue weighted by Gasteiger charge is 2.40. The first-order chi connectivity index (χ1) is 15.9. The van der Waals surface area contributed by atoms with Gasteiger partial charge in [-0.25, -0.2) is 4.90 Å². The topological polar surface area (TPSA) is 82.4 Å². The molecule has 0 saturated carbocycles. The van der Waals surface area contributed by atoms with Gasteiger partial charge in [0, 0.05) is 5.69 Å². The molecule has 3 aromatic carbocycles. The minimum Gasteiger partial charge on any atom is -0.494 e. The SMILES string of the molecule is CCOc1ccc(C2=C(Nc3ccc(C)cc3C)C(=O)N(c3ccc(C#N)cc3)C2=O)cc1. The van der Waals surface area contributed by atoms with Gasteiger partial charge in [-0.05, 0) is 74.4 Å². The van der Waals surface area contributed by atoms with Crippen molar-refractivity contribution >= 4 is 28.8 Å². The van der Waals surface area contributed by atoms with E-state index in [2.05, 4.69) is 5.32 Å². The molecule has 0 unspecified atom stereocenters. The van der Waals surface area contributed by atoms with Crippen molar-refractivity contribution in [2.45, 2.75) is 20.8 Å². The Bertz CT molecular complexity index is 1300. The van der Waals surface area contributed by atoms with Crippen LogP contribution in [0.15, 0.2) is 72.4 Å². The van der Waals surface area contributed by atoms with Crippen LogP contribution in [0.3, 0.4) is 0 Å². The summed E-state index contributed by atoms with van der Waals surface area (Å²) >= 11 is 0. The van der Waals surface area contributed by atoms with Gasteiger partial charge in [-0.1, -0.05) is 29.8 Å². The number of hydrogen-bond donors (Lipinski definition) is 1. The van der Waals surface area contributed by atoms with Crippen molar-refractivity contribution in [3.8, 4) is 11.8 Å². The van der Waals surface area contributed by atoms with Crippen molar-refractivity contribution < 1.29 is 14.3 Å². The van der Waals surface area contributed by atoms with Gasteiger partial charge < -0.3 is 10.1 Å². The minimum atomic E-state index is -0.450. The predicted octanol–water partition coefficient (Wildman–Crippen LogP) is 4.97. The molecule has 0 radical (unpaired) electrons. The van der Waals surface area contributed by atoms with E-state index in [4.69, 9.17) is 10.00 Å². The van der Waals surface area contributed by atoms with Crippen LogP contribution in [0.25, 0.3) is 5.57 Å². The Hall–Kier alpha value is -4.37. The molecule has 1 heterocycles. The molecule has 164 valence electrons. The third-order valence-corrected chi connectivity index (χ3v) is 5.43. The second-order valence-electron chi connectivity index (χ2n) is 7.76. The monoisotopic (exact) mass is 437 g/mol. The van der Waals surface area contributed by atoms with E-state index in [1.807, 2.05) is 45.0 Å². The van der Waals surface area contributed by atoms with Crippen LogP contribution in [0.2, 0.25) is 0 Å². The Morgan fingerprint density at radius 3 is 2.24 bits per heavy atom. The van der Waals surface area contributed by atoms with E-state index in [9.17, 15) is 9.59 Å². The molecule has 4 rings (SSSR count). The number of amides is 2. The van der Waals surface area contributed by atoms with E-state index in [-0.39, 0.29) is 11.3 Å². The number of rotatable bonds is 6. The lowest BCUT2D eigenvalue weighted by Gasteiger charge is -2.16. The van der Waals surface area contributed by atoms with Crippen molar-refractivity contribution in [3.63, 3.8) is 0 Å². The fourth-order valence-corrected chi connectivity index (χ4v) is 3.81. The number of carbonyl (C=O) groups is 2. The fraction of sp³-hybridized carbons (Fsp3) is 0.148. The highest BCUT2D eigenvalue weighted by atomic mass is 16.5.